The van der Waals surface area contributed by atoms with Gasteiger partial charge >= 0.3 is 0 Å². The number of hydrogen-bond acceptors (Lipinski definition) is 7. The predicted molar refractivity (Wildman–Crippen MR) is 166 cm³/mol. The average molecular weight is 626 g/mol. The first-order chi connectivity index (χ1) is 20.8. The van der Waals surface area contributed by atoms with Crippen LogP contribution in [0.4, 0.5) is 5.69 Å². The first kappa shape index (κ1) is 29.1. The van der Waals surface area contributed by atoms with Crippen molar-refractivity contribution in [3.05, 3.63) is 64.7 Å². The topological polar surface area (TPSA) is 97.0 Å². The maximum Gasteiger partial charge on any atom is 0.264 e. The van der Waals surface area contributed by atoms with Gasteiger partial charge in [-0.05, 0) is 104 Å². The van der Waals surface area contributed by atoms with Crippen LogP contribution < -0.4 is 19.7 Å². The van der Waals surface area contributed by atoms with E-state index in [0.717, 1.165) is 62.2 Å². The highest BCUT2D eigenvalue weighted by Crippen LogP contribution is 2.47. The van der Waals surface area contributed by atoms with Gasteiger partial charge in [-0.2, -0.15) is 0 Å². The SMILES string of the molecule is CO[C@@H]1/C=C/CN[C@@H](C2CC2)C(=O)NS(=O)(=O)c2ccc3c(c2)N(C[C@@H]2CC[C@H]21)C[C@@]1(CCCc2cc(Cl)ccc21)CO3. The van der Waals surface area contributed by atoms with E-state index >= 15 is 0 Å². The zero-order valence-electron chi connectivity index (χ0n) is 24.6. The molecule has 0 radical (unpaired) electrons. The monoisotopic (exact) mass is 625 g/mol. The molecule has 2 heterocycles. The Morgan fingerprint density at radius 1 is 1.09 bits per heavy atom. The lowest BCUT2D eigenvalue weighted by Gasteiger charge is -2.46. The molecule has 2 fully saturated rings. The number of fused-ring (bicyclic) bond motifs is 4. The molecule has 2 bridgehead atoms. The molecule has 0 saturated heterocycles. The van der Waals surface area contributed by atoms with Gasteiger partial charge in [0.1, 0.15) is 5.75 Å². The molecule has 5 aliphatic rings. The second kappa shape index (κ2) is 11.4. The van der Waals surface area contributed by atoms with Crippen LogP contribution in [0, 0.1) is 17.8 Å². The fraction of sp³-hybridized carbons (Fsp3) is 0.545. The molecule has 5 atom stereocenters. The van der Waals surface area contributed by atoms with Crippen LogP contribution in [0.25, 0.3) is 0 Å². The van der Waals surface area contributed by atoms with Gasteiger partial charge in [-0.3, -0.25) is 4.79 Å². The van der Waals surface area contributed by atoms with Gasteiger partial charge in [0.05, 0.1) is 29.3 Å². The molecule has 8 nitrogen and oxygen atoms in total. The first-order valence-electron chi connectivity index (χ1n) is 15.6. The van der Waals surface area contributed by atoms with Crippen molar-refractivity contribution < 1.29 is 22.7 Å². The summed E-state index contributed by atoms with van der Waals surface area (Å²) in [5.74, 6) is 1.03. The molecule has 2 aromatic carbocycles. The van der Waals surface area contributed by atoms with Crippen molar-refractivity contribution in [3.8, 4) is 5.75 Å². The number of halogens is 1. The van der Waals surface area contributed by atoms with Crippen LogP contribution in [0.2, 0.25) is 5.02 Å². The molecule has 0 unspecified atom stereocenters. The summed E-state index contributed by atoms with van der Waals surface area (Å²) in [4.78, 5) is 15.7. The Morgan fingerprint density at radius 3 is 2.70 bits per heavy atom. The fourth-order valence-corrected chi connectivity index (χ4v) is 8.97. The molecule has 0 aromatic heterocycles. The highest BCUT2D eigenvalue weighted by Gasteiger charge is 2.45. The number of hydrogen-bond donors (Lipinski definition) is 2. The number of ether oxygens (including phenoxy) is 2. The molecule has 2 aliphatic heterocycles. The lowest BCUT2D eigenvalue weighted by molar-refractivity contribution is -0.121. The zero-order chi connectivity index (χ0) is 29.8. The van der Waals surface area contributed by atoms with Gasteiger partial charge in [-0.25, -0.2) is 13.1 Å². The quantitative estimate of drug-likeness (QED) is 0.471. The Labute approximate surface area is 259 Å². The third-order valence-corrected chi connectivity index (χ3v) is 11.9. The number of sulfonamides is 1. The van der Waals surface area contributed by atoms with Crippen LogP contribution in [-0.4, -0.2) is 59.8 Å². The molecule has 2 N–H and O–H groups in total. The summed E-state index contributed by atoms with van der Waals surface area (Å²) in [6, 6.07) is 10.6. The number of anilines is 1. The summed E-state index contributed by atoms with van der Waals surface area (Å²) in [5, 5.41) is 4.02. The van der Waals surface area contributed by atoms with Gasteiger partial charge < -0.3 is 19.7 Å². The summed E-state index contributed by atoms with van der Waals surface area (Å²) < 4.78 is 42.1. The molecular weight excluding hydrogens is 586 g/mol. The van der Waals surface area contributed by atoms with E-state index in [4.69, 9.17) is 21.1 Å². The van der Waals surface area contributed by atoms with E-state index in [1.165, 1.54) is 11.1 Å². The number of amides is 1. The maximum atomic E-state index is 13.6. The highest BCUT2D eigenvalue weighted by molar-refractivity contribution is 7.90. The number of methoxy groups -OCH3 is 1. The van der Waals surface area contributed by atoms with Gasteiger partial charge in [-0.1, -0.05) is 29.8 Å². The van der Waals surface area contributed by atoms with Crippen molar-refractivity contribution in [1.29, 1.82) is 0 Å². The normalized spacial score (nSPS) is 32.8. The van der Waals surface area contributed by atoms with Crippen molar-refractivity contribution in [2.75, 3.05) is 38.3 Å². The lowest BCUT2D eigenvalue weighted by Crippen LogP contribution is -2.50. The molecule has 230 valence electrons. The number of nitrogens with zero attached hydrogens (tertiary/aromatic N) is 1. The van der Waals surface area contributed by atoms with Crippen molar-refractivity contribution in [2.24, 2.45) is 17.8 Å². The van der Waals surface area contributed by atoms with Crippen LogP contribution in [0.1, 0.15) is 49.7 Å². The minimum absolute atomic E-state index is 0.0254. The van der Waals surface area contributed by atoms with Gasteiger partial charge in [-0.15, -0.1) is 0 Å². The van der Waals surface area contributed by atoms with Crippen molar-refractivity contribution in [1.82, 2.24) is 10.0 Å². The number of aryl methyl sites for hydroxylation is 1. The molecule has 1 spiro atoms. The van der Waals surface area contributed by atoms with Gasteiger partial charge in [0, 0.05) is 37.2 Å². The van der Waals surface area contributed by atoms with Crippen LogP contribution in [0.3, 0.4) is 0 Å². The smallest absolute Gasteiger partial charge is 0.264 e. The number of carbonyl (C=O) groups excluding carboxylic acids is 1. The van der Waals surface area contributed by atoms with Gasteiger partial charge in [0.25, 0.3) is 15.9 Å². The second-order valence-corrected chi connectivity index (χ2v) is 15.2. The van der Waals surface area contributed by atoms with Gasteiger partial charge in [0.15, 0.2) is 0 Å². The zero-order valence-corrected chi connectivity index (χ0v) is 26.1. The molecule has 1 amide bonds. The number of nitrogens with one attached hydrogen (secondary N) is 2. The van der Waals surface area contributed by atoms with E-state index in [-0.39, 0.29) is 22.3 Å². The Balaban J connectivity index is 1.30. The molecule has 7 rings (SSSR count). The Hall–Kier alpha value is -2.59. The summed E-state index contributed by atoms with van der Waals surface area (Å²) in [5.41, 5.74) is 3.03. The van der Waals surface area contributed by atoms with Crippen LogP contribution in [0.15, 0.2) is 53.4 Å². The minimum Gasteiger partial charge on any atom is -0.490 e. The van der Waals surface area contributed by atoms with E-state index in [2.05, 4.69) is 33.1 Å². The number of benzene rings is 2. The van der Waals surface area contributed by atoms with E-state index in [1.807, 2.05) is 12.1 Å². The molecule has 3 aliphatic carbocycles. The van der Waals surface area contributed by atoms with E-state index < -0.39 is 22.0 Å². The Bertz CT molecular complexity index is 1540. The Kier molecular flexibility index (Phi) is 7.73. The van der Waals surface area contributed by atoms with E-state index in [0.29, 0.717) is 37.3 Å². The second-order valence-electron chi connectivity index (χ2n) is 13.1. The molecule has 2 saturated carbocycles. The van der Waals surface area contributed by atoms with Crippen LogP contribution in [0.5, 0.6) is 5.75 Å². The van der Waals surface area contributed by atoms with E-state index in [1.54, 1.807) is 25.3 Å². The van der Waals surface area contributed by atoms with Crippen LogP contribution in [-0.2, 0) is 31.4 Å². The van der Waals surface area contributed by atoms with Crippen molar-refractivity contribution in [2.45, 2.75) is 67.4 Å². The largest absolute Gasteiger partial charge is 0.490 e. The average Bonchev–Trinajstić information content (AvgIpc) is 3.82. The van der Waals surface area contributed by atoms with Gasteiger partial charge in [0.2, 0.25) is 0 Å². The maximum absolute atomic E-state index is 13.6. The standard InChI is InChI=1S/C33H40ClN3O5S/c1-41-29-5-3-15-35-31(21-6-7-21)32(38)36-43(39,40)25-10-13-30-28(17-25)37(18-23-8-11-26(23)29)19-33(20-42-30)14-2-4-22-16-24(34)9-12-27(22)33/h3,5,9-10,12-13,16-17,21,23,26,29,31,35H,2,4,6-8,11,14-15,18-20H2,1H3,(H,36,38)/b5-3+/t23-,26+,29+,31-,33-/m0/s1. The molecule has 43 heavy (non-hydrogen) atoms. The third kappa shape index (κ3) is 5.58. The fourth-order valence-electron chi connectivity index (χ4n) is 7.75. The van der Waals surface area contributed by atoms with Crippen LogP contribution >= 0.6 is 11.6 Å². The summed E-state index contributed by atoms with van der Waals surface area (Å²) in [7, 11) is -2.33. The lowest BCUT2D eigenvalue weighted by atomic mass is 9.68. The number of rotatable bonds is 2. The number of carbonyl (C=O) groups is 1. The molecular formula is C33H40ClN3O5S. The van der Waals surface area contributed by atoms with Crippen molar-refractivity contribution in [3.63, 3.8) is 0 Å². The Morgan fingerprint density at radius 2 is 1.93 bits per heavy atom. The predicted octanol–water partition coefficient (Wildman–Crippen LogP) is 4.60. The summed E-state index contributed by atoms with van der Waals surface area (Å²) in [6.07, 6.45) is 11.1. The molecule has 10 heteroatoms. The first-order valence-corrected chi connectivity index (χ1v) is 17.4. The highest BCUT2D eigenvalue weighted by atomic mass is 35.5. The van der Waals surface area contributed by atoms with Crippen molar-refractivity contribution >= 4 is 33.2 Å². The molecule has 2 aromatic rings. The summed E-state index contributed by atoms with van der Waals surface area (Å²) >= 11 is 6.41. The minimum atomic E-state index is -4.09. The van der Waals surface area contributed by atoms with E-state index in [9.17, 15) is 13.2 Å². The summed E-state index contributed by atoms with van der Waals surface area (Å²) in [6.45, 7) is 2.44. The third-order valence-electron chi connectivity index (χ3n) is 10.3.